The molecule has 0 fully saturated rings. The predicted octanol–water partition coefficient (Wildman–Crippen LogP) is 3.30. The number of amides is 1. The van der Waals surface area contributed by atoms with Crippen LogP contribution in [0.2, 0.25) is 0 Å². The molecule has 0 rings (SSSR count). The fraction of sp³-hybridized carbons (Fsp3) is 0.824. The van der Waals surface area contributed by atoms with Crippen molar-refractivity contribution < 1.29 is 24.6 Å². The summed E-state index contributed by atoms with van der Waals surface area (Å²) >= 11 is 0. The lowest BCUT2D eigenvalue weighted by molar-refractivity contribution is -0.146. The maximum atomic E-state index is 12.0. The predicted molar refractivity (Wildman–Crippen MR) is 88.3 cm³/mol. The first-order valence-corrected chi connectivity index (χ1v) is 8.68. The van der Waals surface area contributed by atoms with Crippen LogP contribution in [-0.2, 0) is 14.4 Å². The molecule has 0 unspecified atom stereocenters. The Bertz CT molecular complexity index is 357. The van der Waals surface area contributed by atoms with E-state index in [1.54, 1.807) is 0 Å². The van der Waals surface area contributed by atoms with E-state index in [-0.39, 0.29) is 18.9 Å². The first-order valence-electron chi connectivity index (χ1n) is 8.68. The van der Waals surface area contributed by atoms with Crippen molar-refractivity contribution in [2.75, 3.05) is 13.1 Å². The molecular formula is C17H31NO5. The lowest BCUT2D eigenvalue weighted by Gasteiger charge is -2.19. The van der Waals surface area contributed by atoms with Crippen LogP contribution in [-0.4, -0.2) is 46.0 Å². The summed E-state index contributed by atoms with van der Waals surface area (Å²) in [6.45, 7) is 1.72. The lowest BCUT2D eigenvalue weighted by atomic mass is 10.1. The number of carboxylic acids is 2. The molecular weight excluding hydrogens is 298 g/mol. The van der Waals surface area contributed by atoms with E-state index in [2.05, 4.69) is 6.92 Å². The van der Waals surface area contributed by atoms with Crippen LogP contribution >= 0.6 is 0 Å². The van der Waals surface area contributed by atoms with E-state index in [9.17, 15) is 14.4 Å². The number of hydrogen-bond donors (Lipinski definition) is 2. The standard InChI is InChI=1S/C17H31NO5/c1-2-3-4-5-6-7-8-9-10-11-15(19)18(14-17(22)23)13-12-16(20)21/h2-14H2,1H3,(H,20,21)(H,22,23). The number of unbranched alkanes of at least 4 members (excludes halogenated alkanes) is 8. The van der Waals surface area contributed by atoms with Gasteiger partial charge in [-0.25, -0.2) is 0 Å². The number of hydrogen-bond acceptors (Lipinski definition) is 3. The Kier molecular flexibility index (Phi) is 13.1. The maximum absolute atomic E-state index is 12.0. The van der Waals surface area contributed by atoms with E-state index in [1.165, 1.54) is 38.5 Å². The molecule has 0 radical (unpaired) electrons. The largest absolute Gasteiger partial charge is 0.481 e. The van der Waals surface area contributed by atoms with Crippen molar-refractivity contribution in [1.82, 2.24) is 4.90 Å². The molecule has 0 aromatic carbocycles. The number of carbonyl (C=O) groups is 3. The minimum Gasteiger partial charge on any atom is -0.481 e. The Hall–Kier alpha value is -1.59. The summed E-state index contributed by atoms with van der Waals surface area (Å²) in [7, 11) is 0. The third kappa shape index (κ3) is 13.8. The van der Waals surface area contributed by atoms with Crippen molar-refractivity contribution in [2.24, 2.45) is 0 Å². The Morgan fingerprint density at radius 3 is 1.74 bits per heavy atom. The van der Waals surface area contributed by atoms with Gasteiger partial charge >= 0.3 is 11.9 Å². The number of nitrogens with zero attached hydrogens (tertiary/aromatic N) is 1. The summed E-state index contributed by atoms with van der Waals surface area (Å²) in [6, 6.07) is 0. The van der Waals surface area contributed by atoms with Gasteiger partial charge < -0.3 is 15.1 Å². The van der Waals surface area contributed by atoms with E-state index < -0.39 is 18.5 Å². The molecule has 0 aliphatic carbocycles. The highest BCUT2D eigenvalue weighted by Crippen LogP contribution is 2.11. The fourth-order valence-electron chi connectivity index (χ4n) is 2.43. The molecule has 0 spiro atoms. The van der Waals surface area contributed by atoms with Gasteiger partial charge in [0.2, 0.25) is 5.91 Å². The molecule has 0 aromatic rings. The highest BCUT2D eigenvalue weighted by Gasteiger charge is 2.17. The Morgan fingerprint density at radius 2 is 1.26 bits per heavy atom. The summed E-state index contributed by atoms with van der Waals surface area (Å²) in [5.41, 5.74) is 0. The SMILES string of the molecule is CCCCCCCCCCCC(=O)N(CCC(=O)O)CC(=O)O. The molecule has 0 heterocycles. The van der Waals surface area contributed by atoms with Crippen molar-refractivity contribution in [2.45, 2.75) is 77.6 Å². The molecule has 23 heavy (non-hydrogen) atoms. The Balaban J connectivity index is 3.81. The lowest BCUT2D eigenvalue weighted by Crippen LogP contribution is -2.37. The molecule has 0 saturated heterocycles. The van der Waals surface area contributed by atoms with Crippen molar-refractivity contribution in [1.29, 1.82) is 0 Å². The molecule has 0 bridgehead atoms. The first kappa shape index (κ1) is 21.4. The number of rotatable bonds is 15. The van der Waals surface area contributed by atoms with Gasteiger partial charge in [-0.1, -0.05) is 58.3 Å². The minimum atomic E-state index is -1.11. The van der Waals surface area contributed by atoms with Gasteiger partial charge in [0.25, 0.3) is 0 Å². The molecule has 6 heteroatoms. The van der Waals surface area contributed by atoms with Gasteiger partial charge in [0.1, 0.15) is 6.54 Å². The van der Waals surface area contributed by atoms with E-state index in [0.29, 0.717) is 6.42 Å². The normalized spacial score (nSPS) is 10.5. The van der Waals surface area contributed by atoms with Gasteiger partial charge in [0, 0.05) is 13.0 Å². The summed E-state index contributed by atoms with van der Waals surface area (Å²) < 4.78 is 0. The summed E-state index contributed by atoms with van der Waals surface area (Å²) in [6.07, 6.45) is 10.4. The Morgan fingerprint density at radius 1 is 0.739 bits per heavy atom. The highest BCUT2D eigenvalue weighted by atomic mass is 16.4. The highest BCUT2D eigenvalue weighted by molar-refractivity contribution is 5.81. The quantitative estimate of drug-likeness (QED) is 0.449. The van der Waals surface area contributed by atoms with Crippen LogP contribution in [0.1, 0.15) is 77.6 Å². The molecule has 0 aliphatic rings. The molecule has 134 valence electrons. The number of carbonyl (C=O) groups excluding carboxylic acids is 1. The van der Waals surface area contributed by atoms with Gasteiger partial charge in [-0.2, -0.15) is 0 Å². The third-order valence-electron chi connectivity index (χ3n) is 3.77. The van der Waals surface area contributed by atoms with Crippen molar-refractivity contribution in [3.8, 4) is 0 Å². The topological polar surface area (TPSA) is 94.9 Å². The van der Waals surface area contributed by atoms with Crippen LogP contribution in [0.25, 0.3) is 0 Å². The van der Waals surface area contributed by atoms with Crippen LogP contribution < -0.4 is 0 Å². The second-order valence-corrected chi connectivity index (χ2v) is 5.93. The summed E-state index contributed by atoms with van der Waals surface area (Å²) in [5, 5.41) is 17.4. The van der Waals surface area contributed by atoms with Crippen LogP contribution in [0.15, 0.2) is 0 Å². The average Bonchev–Trinajstić information content (AvgIpc) is 2.49. The van der Waals surface area contributed by atoms with E-state index >= 15 is 0 Å². The van der Waals surface area contributed by atoms with E-state index in [4.69, 9.17) is 10.2 Å². The maximum Gasteiger partial charge on any atom is 0.323 e. The Labute approximate surface area is 138 Å². The first-order chi connectivity index (χ1) is 11.0. The number of carboxylic acid groups (broad SMARTS) is 2. The zero-order valence-electron chi connectivity index (χ0n) is 14.3. The summed E-state index contributed by atoms with van der Waals surface area (Å²) in [4.78, 5) is 34.4. The molecule has 0 saturated carbocycles. The molecule has 0 aliphatic heterocycles. The molecule has 0 aromatic heterocycles. The van der Waals surface area contributed by atoms with Crippen LogP contribution in [0.4, 0.5) is 0 Å². The zero-order valence-corrected chi connectivity index (χ0v) is 14.3. The van der Waals surface area contributed by atoms with Gasteiger partial charge in [-0.15, -0.1) is 0 Å². The zero-order chi connectivity index (χ0) is 17.5. The van der Waals surface area contributed by atoms with Crippen LogP contribution in [0.3, 0.4) is 0 Å². The van der Waals surface area contributed by atoms with Crippen molar-refractivity contribution in [3.63, 3.8) is 0 Å². The molecule has 1 amide bonds. The minimum absolute atomic E-state index is 0.0438. The van der Waals surface area contributed by atoms with Crippen molar-refractivity contribution in [3.05, 3.63) is 0 Å². The smallest absolute Gasteiger partial charge is 0.323 e. The van der Waals surface area contributed by atoms with Gasteiger partial charge in [0.15, 0.2) is 0 Å². The molecule has 0 atom stereocenters. The monoisotopic (exact) mass is 329 g/mol. The summed E-state index contributed by atoms with van der Waals surface area (Å²) in [5.74, 6) is -2.41. The van der Waals surface area contributed by atoms with Gasteiger partial charge in [0.05, 0.1) is 6.42 Å². The molecule has 6 nitrogen and oxygen atoms in total. The van der Waals surface area contributed by atoms with Crippen LogP contribution in [0.5, 0.6) is 0 Å². The molecule has 2 N–H and O–H groups in total. The second kappa shape index (κ2) is 14.0. The van der Waals surface area contributed by atoms with Crippen LogP contribution in [0, 0.1) is 0 Å². The average molecular weight is 329 g/mol. The number of aliphatic carboxylic acids is 2. The second-order valence-electron chi connectivity index (χ2n) is 5.93. The van der Waals surface area contributed by atoms with Gasteiger partial charge in [-0.3, -0.25) is 14.4 Å². The van der Waals surface area contributed by atoms with Gasteiger partial charge in [-0.05, 0) is 6.42 Å². The van der Waals surface area contributed by atoms with E-state index in [1.807, 2.05) is 0 Å². The van der Waals surface area contributed by atoms with E-state index in [0.717, 1.165) is 24.2 Å². The fourth-order valence-corrected chi connectivity index (χ4v) is 2.43. The van der Waals surface area contributed by atoms with Crippen molar-refractivity contribution >= 4 is 17.8 Å². The third-order valence-corrected chi connectivity index (χ3v) is 3.77.